The molecule has 1 aliphatic heterocycles. The van der Waals surface area contributed by atoms with Gasteiger partial charge in [-0.1, -0.05) is 37.0 Å². The average molecular weight is 457 g/mol. The van der Waals surface area contributed by atoms with Gasteiger partial charge in [0.25, 0.3) is 5.91 Å². The summed E-state index contributed by atoms with van der Waals surface area (Å²) in [5.74, 6) is 1.26. The minimum absolute atomic E-state index is 0.0974. The third-order valence-corrected chi connectivity index (χ3v) is 6.19. The zero-order valence-electron chi connectivity index (χ0n) is 18.5. The Morgan fingerprint density at radius 1 is 1.13 bits per heavy atom. The van der Waals surface area contributed by atoms with Crippen molar-refractivity contribution >= 4 is 51.7 Å². The zero-order chi connectivity index (χ0) is 22.5. The smallest absolute Gasteiger partial charge is 0.270 e. The number of rotatable bonds is 8. The second kappa shape index (κ2) is 10.2. The van der Waals surface area contributed by atoms with Gasteiger partial charge in [0.1, 0.15) is 0 Å². The fourth-order valence-corrected chi connectivity index (χ4v) is 4.32. The van der Waals surface area contributed by atoms with Gasteiger partial charge in [-0.05, 0) is 68.3 Å². The SMILES string of the molecule is CCOc1cc(/C=C2/SC(=S)N(c3ccc(N(C)C)cc3)C2=O)ccc1O[C@@H](C)CC. The zero-order valence-corrected chi connectivity index (χ0v) is 20.2. The third kappa shape index (κ3) is 5.40. The fourth-order valence-electron chi connectivity index (χ4n) is 3.02. The number of anilines is 2. The van der Waals surface area contributed by atoms with Gasteiger partial charge in [0.15, 0.2) is 15.8 Å². The van der Waals surface area contributed by atoms with Gasteiger partial charge in [0.2, 0.25) is 0 Å². The van der Waals surface area contributed by atoms with Crippen molar-refractivity contribution in [2.45, 2.75) is 33.3 Å². The molecule has 1 aliphatic rings. The molecule has 31 heavy (non-hydrogen) atoms. The van der Waals surface area contributed by atoms with Gasteiger partial charge in [-0.25, -0.2) is 0 Å². The molecule has 0 radical (unpaired) electrons. The first-order chi connectivity index (χ1) is 14.8. The van der Waals surface area contributed by atoms with E-state index in [1.54, 1.807) is 4.90 Å². The standard InChI is InChI=1S/C24H28N2O3S2/c1-6-16(3)29-20-13-8-17(14-21(20)28-7-2)15-22-23(27)26(24(30)31-22)19-11-9-18(10-12-19)25(4)5/h8-16H,6-7H2,1-5H3/b22-15+/t16-/m0/s1. The van der Waals surface area contributed by atoms with Crippen molar-refractivity contribution in [1.29, 1.82) is 0 Å². The molecule has 0 bridgehead atoms. The molecule has 0 aromatic heterocycles. The number of thioether (sulfide) groups is 1. The van der Waals surface area contributed by atoms with Crippen molar-refractivity contribution in [3.8, 4) is 11.5 Å². The van der Waals surface area contributed by atoms with Crippen LogP contribution in [0.2, 0.25) is 0 Å². The number of thiocarbonyl (C=S) groups is 1. The Labute approximate surface area is 194 Å². The maximum absolute atomic E-state index is 13.1. The lowest BCUT2D eigenvalue weighted by Gasteiger charge is -2.17. The van der Waals surface area contributed by atoms with E-state index < -0.39 is 0 Å². The van der Waals surface area contributed by atoms with E-state index in [-0.39, 0.29) is 12.0 Å². The van der Waals surface area contributed by atoms with Gasteiger partial charge in [-0.2, -0.15) is 0 Å². The van der Waals surface area contributed by atoms with Crippen molar-refractivity contribution in [1.82, 2.24) is 0 Å². The van der Waals surface area contributed by atoms with Crippen molar-refractivity contribution in [2.75, 3.05) is 30.5 Å². The molecule has 1 saturated heterocycles. The van der Waals surface area contributed by atoms with Gasteiger partial charge in [0.05, 0.1) is 23.3 Å². The number of carbonyl (C=O) groups excluding carboxylic acids is 1. The summed E-state index contributed by atoms with van der Waals surface area (Å²) in [7, 11) is 3.96. The quantitative estimate of drug-likeness (QED) is 0.373. The second-order valence-electron chi connectivity index (χ2n) is 7.40. The van der Waals surface area contributed by atoms with Crippen LogP contribution in [0, 0.1) is 0 Å². The molecule has 0 saturated carbocycles. The summed E-state index contributed by atoms with van der Waals surface area (Å²) >= 11 is 6.80. The summed E-state index contributed by atoms with van der Waals surface area (Å²) < 4.78 is 12.3. The number of nitrogens with zero attached hydrogens (tertiary/aromatic N) is 2. The summed E-state index contributed by atoms with van der Waals surface area (Å²) in [6, 6.07) is 13.5. The summed E-state index contributed by atoms with van der Waals surface area (Å²) in [6.07, 6.45) is 2.86. The van der Waals surface area contributed by atoms with Crippen LogP contribution in [0.4, 0.5) is 11.4 Å². The summed E-state index contributed by atoms with van der Waals surface area (Å²) in [6.45, 7) is 6.58. The van der Waals surface area contributed by atoms with Gasteiger partial charge < -0.3 is 14.4 Å². The normalized spacial score (nSPS) is 16.0. The maximum atomic E-state index is 13.1. The molecule has 0 aliphatic carbocycles. The number of ether oxygens (including phenoxy) is 2. The third-order valence-electron chi connectivity index (χ3n) is 4.89. The lowest BCUT2D eigenvalue weighted by atomic mass is 10.1. The summed E-state index contributed by atoms with van der Waals surface area (Å²) in [5, 5.41) is 0. The molecule has 2 aromatic carbocycles. The Kier molecular flexibility index (Phi) is 7.62. The van der Waals surface area contributed by atoms with Gasteiger partial charge >= 0.3 is 0 Å². The van der Waals surface area contributed by atoms with E-state index in [0.717, 1.165) is 23.4 Å². The van der Waals surface area contributed by atoms with Crippen LogP contribution >= 0.6 is 24.0 Å². The molecular formula is C24H28N2O3S2. The number of hydrogen-bond donors (Lipinski definition) is 0. The Morgan fingerprint density at radius 3 is 2.45 bits per heavy atom. The highest BCUT2D eigenvalue weighted by Gasteiger charge is 2.33. The van der Waals surface area contributed by atoms with Crippen LogP contribution in [0.25, 0.3) is 6.08 Å². The highest BCUT2D eigenvalue weighted by Crippen LogP contribution is 2.38. The first-order valence-corrected chi connectivity index (χ1v) is 11.5. The average Bonchev–Trinajstić information content (AvgIpc) is 3.02. The first-order valence-electron chi connectivity index (χ1n) is 10.3. The lowest BCUT2D eigenvalue weighted by molar-refractivity contribution is -0.113. The highest BCUT2D eigenvalue weighted by atomic mass is 32.2. The first kappa shape index (κ1) is 23.2. The number of amides is 1. The van der Waals surface area contributed by atoms with E-state index >= 15 is 0 Å². The minimum Gasteiger partial charge on any atom is -0.490 e. The van der Waals surface area contributed by atoms with Crippen LogP contribution in [0.1, 0.15) is 32.8 Å². The second-order valence-corrected chi connectivity index (χ2v) is 9.08. The molecule has 2 aromatic rings. The van der Waals surface area contributed by atoms with Crippen LogP contribution in [0.3, 0.4) is 0 Å². The van der Waals surface area contributed by atoms with Crippen LogP contribution in [0.5, 0.6) is 11.5 Å². The predicted molar refractivity (Wildman–Crippen MR) is 134 cm³/mol. The Hall–Kier alpha value is -2.51. The van der Waals surface area contributed by atoms with Crippen molar-refractivity contribution in [2.24, 2.45) is 0 Å². The Morgan fingerprint density at radius 2 is 1.84 bits per heavy atom. The summed E-state index contributed by atoms with van der Waals surface area (Å²) in [4.78, 5) is 17.3. The molecule has 3 rings (SSSR count). The molecule has 164 valence electrons. The van der Waals surface area contributed by atoms with Gasteiger partial charge in [-0.15, -0.1) is 0 Å². The number of carbonyl (C=O) groups is 1. The molecule has 5 nitrogen and oxygen atoms in total. The van der Waals surface area contributed by atoms with Crippen molar-refractivity contribution in [3.63, 3.8) is 0 Å². The van der Waals surface area contributed by atoms with E-state index in [1.807, 2.05) is 81.4 Å². The monoisotopic (exact) mass is 456 g/mol. The molecule has 1 atom stereocenters. The molecule has 0 unspecified atom stereocenters. The van der Waals surface area contributed by atoms with Crippen LogP contribution in [-0.4, -0.2) is 37.0 Å². The van der Waals surface area contributed by atoms with Crippen LogP contribution < -0.4 is 19.3 Å². The Bertz CT molecular complexity index is 987. The molecule has 1 amide bonds. The van der Waals surface area contributed by atoms with E-state index in [1.165, 1.54) is 11.8 Å². The largest absolute Gasteiger partial charge is 0.490 e. The van der Waals surface area contributed by atoms with Crippen molar-refractivity contribution < 1.29 is 14.3 Å². The number of benzene rings is 2. The molecular weight excluding hydrogens is 428 g/mol. The fraction of sp³-hybridized carbons (Fsp3) is 0.333. The molecule has 1 heterocycles. The van der Waals surface area contributed by atoms with E-state index in [4.69, 9.17) is 21.7 Å². The van der Waals surface area contributed by atoms with Crippen molar-refractivity contribution in [3.05, 3.63) is 52.9 Å². The molecule has 1 fully saturated rings. The minimum atomic E-state index is -0.120. The molecule has 7 heteroatoms. The van der Waals surface area contributed by atoms with E-state index in [2.05, 4.69) is 6.92 Å². The molecule has 0 spiro atoms. The number of hydrogen-bond acceptors (Lipinski definition) is 6. The summed E-state index contributed by atoms with van der Waals surface area (Å²) in [5.41, 5.74) is 2.69. The lowest BCUT2D eigenvalue weighted by Crippen LogP contribution is -2.27. The predicted octanol–water partition coefficient (Wildman–Crippen LogP) is 5.73. The highest BCUT2D eigenvalue weighted by molar-refractivity contribution is 8.27. The van der Waals surface area contributed by atoms with Gasteiger partial charge in [-0.3, -0.25) is 9.69 Å². The van der Waals surface area contributed by atoms with E-state index in [9.17, 15) is 4.79 Å². The van der Waals surface area contributed by atoms with Gasteiger partial charge in [0, 0.05) is 19.8 Å². The Balaban J connectivity index is 1.85. The van der Waals surface area contributed by atoms with Crippen LogP contribution in [-0.2, 0) is 4.79 Å². The molecule has 0 N–H and O–H groups in total. The van der Waals surface area contributed by atoms with E-state index in [0.29, 0.717) is 27.3 Å². The topological polar surface area (TPSA) is 42.0 Å². The maximum Gasteiger partial charge on any atom is 0.270 e. The van der Waals surface area contributed by atoms with Crippen LogP contribution in [0.15, 0.2) is 47.4 Å².